The number of benzene rings is 2. The standard InChI is InChI=1S/C18H17F2N3O3/c1-26-18(25)23-8-7-11-5-6-13(9-12(11)10-23)21-17(24)22-16-14(19)3-2-4-15(16)20/h2-6,9H,7-8,10H2,1H3,(H2,21,22,24). The van der Waals surface area contributed by atoms with Gasteiger partial charge in [0, 0.05) is 18.8 Å². The molecule has 2 N–H and O–H groups in total. The van der Waals surface area contributed by atoms with Gasteiger partial charge in [-0.2, -0.15) is 0 Å². The summed E-state index contributed by atoms with van der Waals surface area (Å²) in [4.78, 5) is 25.2. The van der Waals surface area contributed by atoms with Crippen molar-refractivity contribution in [3.05, 3.63) is 59.2 Å². The molecule has 1 aliphatic heterocycles. The summed E-state index contributed by atoms with van der Waals surface area (Å²) in [5.41, 5.74) is 1.87. The molecule has 136 valence electrons. The molecule has 3 amide bonds. The minimum Gasteiger partial charge on any atom is -0.453 e. The molecule has 0 aliphatic carbocycles. The average molecular weight is 361 g/mol. The predicted octanol–water partition coefficient (Wildman–Crippen LogP) is 3.73. The van der Waals surface area contributed by atoms with E-state index < -0.39 is 29.4 Å². The van der Waals surface area contributed by atoms with E-state index in [1.807, 2.05) is 6.07 Å². The van der Waals surface area contributed by atoms with Crippen LogP contribution in [-0.2, 0) is 17.7 Å². The molecule has 0 radical (unpaired) electrons. The van der Waals surface area contributed by atoms with Crippen LogP contribution in [0.25, 0.3) is 0 Å². The van der Waals surface area contributed by atoms with Gasteiger partial charge in [0.1, 0.15) is 17.3 Å². The fraction of sp³-hybridized carbons (Fsp3) is 0.222. The molecule has 0 unspecified atom stereocenters. The van der Waals surface area contributed by atoms with Crippen molar-refractivity contribution >= 4 is 23.5 Å². The Morgan fingerprint density at radius 3 is 2.50 bits per heavy atom. The van der Waals surface area contributed by atoms with Crippen LogP contribution in [0.3, 0.4) is 0 Å². The molecular weight excluding hydrogens is 344 g/mol. The lowest BCUT2D eigenvalue weighted by atomic mass is 9.99. The van der Waals surface area contributed by atoms with E-state index in [1.54, 1.807) is 17.0 Å². The van der Waals surface area contributed by atoms with Gasteiger partial charge in [-0.1, -0.05) is 12.1 Å². The molecule has 8 heteroatoms. The highest BCUT2D eigenvalue weighted by molar-refractivity contribution is 6.00. The summed E-state index contributed by atoms with van der Waals surface area (Å²) >= 11 is 0. The highest BCUT2D eigenvalue weighted by Gasteiger charge is 2.21. The van der Waals surface area contributed by atoms with E-state index in [0.717, 1.165) is 23.3 Å². The maximum absolute atomic E-state index is 13.6. The normalized spacial score (nSPS) is 13.0. The number of hydrogen-bond acceptors (Lipinski definition) is 3. The fourth-order valence-corrected chi connectivity index (χ4v) is 2.81. The summed E-state index contributed by atoms with van der Waals surface area (Å²) in [7, 11) is 1.32. The fourth-order valence-electron chi connectivity index (χ4n) is 2.81. The number of ether oxygens (including phenoxy) is 1. The van der Waals surface area contributed by atoms with Gasteiger partial charge in [0.25, 0.3) is 0 Å². The number of hydrogen-bond donors (Lipinski definition) is 2. The average Bonchev–Trinajstić information content (AvgIpc) is 2.63. The van der Waals surface area contributed by atoms with E-state index in [0.29, 0.717) is 25.2 Å². The highest BCUT2D eigenvalue weighted by Crippen LogP contribution is 2.24. The molecule has 0 saturated heterocycles. The third kappa shape index (κ3) is 3.74. The van der Waals surface area contributed by atoms with Crippen molar-refractivity contribution in [3.8, 4) is 0 Å². The monoisotopic (exact) mass is 361 g/mol. The molecule has 1 aliphatic rings. The third-order valence-electron chi connectivity index (χ3n) is 4.11. The molecule has 0 spiro atoms. The number of halogens is 2. The van der Waals surface area contributed by atoms with E-state index >= 15 is 0 Å². The second kappa shape index (κ2) is 7.38. The second-order valence-electron chi connectivity index (χ2n) is 5.80. The van der Waals surface area contributed by atoms with Gasteiger partial charge in [-0.25, -0.2) is 18.4 Å². The van der Waals surface area contributed by atoms with Crippen molar-refractivity contribution in [2.45, 2.75) is 13.0 Å². The van der Waals surface area contributed by atoms with Crippen LogP contribution in [-0.4, -0.2) is 30.7 Å². The largest absolute Gasteiger partial charge is 0.453 e. The summed E-state index contributed by atoms with van der Waals surface area (Å²) in [6.07, 6.45) is 0.263. The zero-order valence-electron chi connectivity index (χ0n) is 14.0. The second-order valence-corrected chi connectivity index (χ2v) is 5.80. The molecular formula is C18H17F2N3O3. The van der Waals surface area contributed by atoms with Gasteiger partial charge in [0.15, 0.2) is 0 Å². The topological polar surface area (TPSA) is 70.7 Å². The van der Waals surface area contributed by atoms with Gasteiger partial charge in [-0.05, 0) is 41.8 Å². The number of urea groups is 1. The van der Waals surface area contributed by atoms with Crippen LogP contribution < -0.4 is 10.6 Å². The Morgan fingerprint density at radius 2 is 1.81 bits per heavy atom. The molecule has 0 fully saturated rings. The number of amides is 3. The van der Waals surface area contributed by atoms with Crippen molar-refractivity contribution in [1.82, 2.24) is 4.90 Å². The lowest BCUT2D eigenvalue weighted by Crippen LogP contribution is -2.35. The minimum atomic E-state index is -0.862. The zero-order valence-corrected chi connectivity index (χ0v) is 14.0. The van der Waals surface area contributed by atoms with Crippen LogP contribution in [0.4, 0.5) is 29.7 Å². The summed E-state index contributed by atoms with van der Waals surface area (Å²) in [6, 6.07) is 7.83. The molecule has 3 rings (SSSR count). The molecule has 0 aromatic heterocycles. The van der Waals surface area contributed by atoms with Crippen LogP contribution in [0, 0.1) is 11.6 Å². The summed E-state index contributed by atoms with van der Waals surface area (Å²) in [5.74, 6) is -1.72. The molecule has 0 bridgehead atoms. The number of methoxy groups -OCH3 is 1. The van der Waals surface area contributed by atoms with Crippen LogP contribution in [0.1, 0.15) is 11.1 Å². The first kappa shape index (κ1) is 17.7. The maximum atomic E-state index is 13.6. The number of rotatable bonds is 2. The molecule has 0 atom stereocenters. The van der Waals surface area contributed by atoms with E-state index in [4.69, 9.17) is 4.74 Å². The first-order valence-corrected chi connectivity index (χ1v) is 7.94. The van der Waals surface area contributed by atoms with Crippen molar-refractivity contribution in [2.75, 3.05) is 24.3 Å². The first-order valence-electron chi connectivity index (χ1n) is 7.94. The Balaban J connectivity index is 1.71. The van der Waals surface area contributed by atoms with Gasteiger partial charge in [-0.3, -0.25) is 0 Å². The van der Waals surface area contributed by atoms with Gasteiger partial charge in [-0.15, -0.1) is 0 Å². The van der Waals surface area contributed by atoms with Crippen LogP contribution in [0.5, 0.6) is 0 Å². The van der Waals surface area contributed by atoms with Crippen LogP contribution in [0.2, 0.25) is 0 Å². The van der Waals surface area contributed by atoms with Crippen LogP contribution >= 0.6 is 0 Å². The summed E-state index contributed by atoms with van der Waals surface area (Å²) < 4.78 is 31.9. The number of nitrogens with zero attached hydrogens (tertiary/aromatic N) is 1. The Bertz CT molecular complexity index is 837. The number of carbonyl (C=O) groups is 2. The molecule has 2 aromatic rings. The Hall–Kier alpha value is -3.16. The molecule has 2 aromatic carbocycles. The molecule has 1 heterocycles. The number of carbonyl (C=O) groups excluding carboxylic acids is 2. The Kier molecular flexibility index (Phi) is 5.01. The highest BCUT2D eigenvalue weighted by atomic mass is 19.1. The SMILES string of the molecule is COC(=O)N1CCc2ccc(NC(=O)Nc3c(F)cccc3F)cc2C1. The number of anilines is 2. The molecule has 0 saturated carbocycles. The summed E-state index contributed by atoms with van der Waals surface area (Å²) in [6.45, 7) is 0.917. The van der Waals surface area contributed by atoms with Gasteiger partial charge in [0.05, 0.1) is 7.11 Å². The van der Waals surface area contributed by atoms with Crippen molar-refractivity contribution < 1.29 is 23.1 Å². The molecule has 26 heavy (non-hydrogen) atoms. The maximum Gasteiger partial charge on any atom is 0.409 e. The quantitative estimate of drug-likeness (QED) is 0.856. The minimum absolute atomic E-state index is 0.362. The van der Waals surface area contributed by atoms with Crippen molar-refractivity contribution in [2.24, 2.45) is 0 Å². The smallest absolute Gasteiger partial charge is 0.409 e. The number of fused-ring (bicyclic) bond motifs is 1. The van der Waals surface area contributed by atoms with Gasteiger partial charge in [0.2, 0.25) is 0 Å². The number of nitrogens with one attached hydrogen (secondary N) is 2. The lowest BCUT2D eigenvalue weighted by molar-refractivity contribution is 0.118. The van der Waals surface area contributed by atoms with Gasteiger partial charge >= 0.3 is 12.1 Å². The van der Waals surface area contributed by atoms with E-state index in [9.17, 15) is 18.4 Å². The summed E-state index contributed by atoms with van der Waals surface area (Å²) in [5, 5.41) is 4.69. The van der Waals surface area contributed by atoms with Crippen molar-refractivity contribution in [3.63, 3.8) is 0 Å². The van der Waals surface area contributed by atoms with Gasteiger partial charge < -0.3 is 20.3 Å². The molecule has 6 nitrogen and oxygen atoms in total. The zero-order chi connectivity index (χ0) is 18.7. The van der Waals surface area contributed by atoms with E-state index in [2.05, 4.69) is 10.6 Å². The Morgan fingerprint density at radius 1 is 1.08 bits per heavy atom. The van der Waals surface area contributed by atoms with E-state index in [-0.39, 0.29) is 0 Å². The van der Waals surface area contributed by atoms with Crippen LogP contribution in [0.15, 0.2) is 36.4 Å². The van der Waals surface area contributed by atoms with Crippen molar-refractivity contribution in [1.29, 1.82) is 0 Å². The third-order valence-corrected chi connectivity index (χ3v) is 4.11. The first-order chi connectivity index (χ1) is 12.5. The lowest BCUT2D eigenvalue weighted by Gasteiger charge is -2.28. The predicted molar refractivity (Wildman–Crippen MR) is 92.0 cm³/mol. The number of para-hydroxylation sites is 1. The Labute approximate surface area is 148 Å². The van der Waals surface area contributed by atoms with E-state index in [1.165, 1.54) is 13.2 Å².